The van der Waals surface area contributed by atoms with Gasteiger partial charge in [0.15, 0.2) is 11.6 Å². The van der Waals surface area contributed by atoms with Gasteiger partial charge in [0, 0.05) is 18.7 Å². The Balaban J connectivity index is 2.07. The van der Waals surface area contributed by atoms with E-state index in [-0.39, 0.29) is 17.5 Å². The Hall–Kier alpha value is -1.49. The van der Waals surface area contributed by atoms with Gasteiger partial charge in [-0.25, -0.2) is 8.78 Å². The molecule has 1 aliphatic rings. The van der Waals surface area contributed by atoms with E-state index in [9.17, 15) is 13.6 Å². The van der Waals surface area contributed by atoms with E-state index in [4.69, 9.17) is 0 Å². The molecule has 80 valence electrons. The number of rotatable bonds is 2. The Bertz CT molecular complexity index is 391. The lowest BCUT2D eigenvalue weighted by atomic mass is 10.1. The summed E-state index contributed by atoms with van der Waals surface area (Å²) in [4.78, 5) is 11.5. The average Bonchev–Trinajstić information content (AvgIpc) is 2.15. The topological polar surface area (TPSA) is 41.1 Å². The molecule has 5 heteroatoms. The fraction of sp³-hybridized carbons (Fsp3) is 0.300. The summed E-state index contributed by atoms with van der Waals surface area (Å²) in [6.07, 6.45) is 0. The number of nitrogens with one attached hydrogen (secondary N) is 2. The van der Waals surface area contributed by atoms with Crippen LogP contribution in [-0.2, 0) is 0 Å². The van der Waals surface area contributed by atoms with Crippen LogP contribution < -0.4 is 10.6 Å². The molecule has 1 aromatic carbocycles. The molecule has 1 heterocycles. The lowest BCUT2D eigenvalue weighted by Crippen LogP contribution is -2.56. The number of hydrogen-bond donors (Lipinski definition) is 2. The summed E-state index contributed by atoms with van der Waals surface area (Å²) < 4.78 is 25.4. The van der Waals surface area contributed by atoms with Gasteiger partial charge in [-0.2, -0.15) is 0 Å². The molecule has 1 aliphatic heterocycles. The highest BCUT2D eigenvalue weighted by Gasteiger charge is 2.19. The van der Waals surface area contributed by atoms with Crippen LogP contribution in [0.5, 0.6) is 0 Å². The minimum absolute atomic E-state index is 0.0885. The summed E-state index contributed by atoms with van der Waals surface area (Å²) in [7, 11) is 0. The minimum Gasteiger partial charge on any atom is -0.347 e. The molecule has 0 radical (unpaired) electrons. The summed E-state index contributed by atoms with van der Waals surface area (Å²) in [6, 6.07) is 3.20. The number of halogens is 2. The smallest absolute Gasteiger partial charge is 0.251 e. The molecular weight excluding hydrogens is 202 g/mol. The lowest BCUT2D eigenvalue weighted by Gasteiger charge is -2.27. The van der Waals surface area contributed by atoms with Gasteiger partial charge in [-0.1, -0.05) is 0 Å². The molecule has 1 fully saturated rings. The second kappa shape index (κ2) is 3.94. The molecule has 2 N–H and O–H groups in total. The lowest BCUT2D eigenvalue weighted by molar-refractivity contribution is 0.0923. The first kappa shape index (κ1) is 10.0. The van der Waals surface area contributed by atoms with E-state index in [0.717, 1.165) is 25.2 Å². The van der Waals surface area contributed by atoms with Crippen molar-refractivity contribution in [3.8, 4) is 0 Å². The van der Waals surface area contributed by atoms with Crippen LogP contribution in [0.2, 0.25) is 0 Å². The van der Waals surface area contributed by atoms with Crippen molar-refractivity contribution in [2.24, 2.45) is 0 Å². The van der Waals surface area contributed by atoms with E-state index in [0.29, 0.717) is 0 Å². The van der Waals surface area contributed by atoms with Gasteiger partial charge in [-0.15, -0.1) is 0 Å². The molecule has 15 heavy (non-hydrogen) atoms. The summed E-state index contributed by atoms with van der Waals surface area (Å²) >= 11 is 0. The Morgan fingerprint density at radius 3 is 2.60 bits per heavy atom. The van der Waals surface area contributed by atoms with Crippen molar-refractivity contribution in [3.63, 3.8) is 0 Å². The van der Waals surface area contributed by atoms with Crippen molar-refractivity contribution in [2.75, 3.05) is 13.1 Å². The van der Waals surface area contributed by atoms with E-state index >= 15 is 0 Å². The van der Waals surface area contributed by atoms with E-state index in [1.54, 1.807) is 0 Å². The first-order valence-electron chi connectivity index (χ1n) is 4.63. The first-order chi connectivity index (χ1) is 7.16. The molecule has 1 aromatic rings. The number of carbonyl (C=O) groups is 1. The van der Waals surface area contributed by atoms with Gasteiger partial charge in [0.05, 0.1) is 6.04 Å². The molecule has 0 aromatic heterocycles. The van der Waals surface area contributed by atoms with Gasteiger partial charge in [-0.05, 0) is 18.2 Å². The zero-order valence-corrected chi connectivity index (χ0v) is 7.89. The van der Waals surface area contributed by atoms with Crippen molar-refractivity contribution >= 4 is 5.91 Å². The predicted molar refractivity (Wildman–Crippen MR) is 50.5 cm³/mol. The summed E-state index contributed by atoms with van der Waals surface area (Å²) in [5.74, 6) is -2.33. The molecule has 0 aliphatic carbocycles. The second-order valence-corrected chi connectivity index (χ2v) is 3.46. The van der Waals surface area contributed by atoms with Crippen LogP contribution in [0.3, 0.4) is 0 Å². The van der Waals surface area contributed by atoms with Crippen LogP contribution >= 0.6 is 0 Å². The maximum atomic E-state index is 12.8. The van der Waals surface area contributed by atoms with Gasteiger partial charge < -0.3 is 10.6 Å². The van der Waals surface area contributed by atoms with E-state index in [1.807, 2.05) is 0 Å². The highest BCUT2D eigenvalue weighted by molar-refractivity contribution is 5.94. The van der Waals surface area contributed by atoms with Gasteiger partial charge in [0.2, 0.25) is 0 Å². The van der Waals surface area contributed by atoms with Crippen molar-refractivity contribution in [3.05, 3.63) is 35.4 Å². The second-order valence-electron chi connectivity index (χ2n) is 3.46. The summed E-state index contributed by atoms with van der Waals surface area (Å²) in [5.41, 5.74) is 0.140. The van der Waals surface area contributed by atoms with E-state index in [2.05, 4.69) is 10.6 Å². The minimum atomic E-state index is -1.01. The Morgan fingerprint density at radius 1 is 1.33 bits per heavy atom. The maximum Gasteiger partial charge on any atom is 0.251 e. The fourth-order valence-electron chi connectivity index (χ4n) is 1.30. The Kier molecular flexibility index (Phi) is 2.64. The van der Waals surface area contributed by atoms with Crippen molar-refractivity contribution < 1.29 is 13.6 Å². The highest BCUT2D eigenvalue weighted by atomic mass is 19.2. The van der Waals surface area contributed by atoms with Crippen LogP contribution in [-0.4, -0.2) is 25.0 Å². The molecule has 1 amide bonds. The zero-order chi connectivity index (χ0) is 10.8. The van der Waals surface area contributed by atoms with Gasteiger partial charge in [0.1, 0.15) is 0 Å². The quantitative estimate of drug-likeness (QED) is 0.756. The number of amides is 1. The molecule has 2 rings (SSSR count). The number of benzene rings is 1. The molecule has 1 saturated heterocycles. The van der Waals surface area contributed by atoms with Crippen LogP contribution in [0, 0.1) is 11.6 Å². The monoisotopic (exact) mass is 212 g/mol. The third-order valence-corrected chi connectivity index (χ3v) is 2.30. The third kappa shape index (κ3) is 2.12. The van der Waals surface area contributed by atoms with Gasteiger partial charge in [-0.3, -0.25) is 4.79 Å². The zero-order valence-electron chi connectivity index (χ0n) is 7.89. The van der Waals surface area contributed by atoms with Gasteiger partial charge in [0.25, 0.3) is 5.91 Å². The summed E-state index contributed by atoms with van der Waals surface area (Å²) in [5, 5.41) is 5.68. The van der Waals surface area contributed by atoms with Crippen LogP contribution in [0.15, 0.2) is 18.2 Å². The molecule has 0 unspecified atom stereocenters. The van der Waals surface area contributed by atoms with Crippen LogP contribution in [0.1, 0.15) is 10.4 Å². The number of hydrogen-bond acceptors (Lipinski definition) is 2. The highest BCUT2D eigenvalue weighted by Crippen LogP contribution is 2.09. The molecule has 0 atom stereocenters. The predicted octanol–water partition coefficient (Wildman–Crippen LogP) is 0.666. The maximum absolute atomic E-state index is 12.8. The Labute approximate surface area is 85.5 Å². The first-order valence-corrected chi connectivity index (χ1v) is 4.63. The van der Waals surface area contributed by atoms with Crippen molar-refractivity contribution in [1.82, 2.24) is 10.6 Å². The third-order valence-electron chi connectivity index (χ3n) is 2.30. The van der Waals surface area contributed by atoms with E-state index < -0.39 is 11.6 Å². The normalized spacial score (nSPS) is 15.9. The SMILES string of the molecule is O=C(NC1CNC1)c1ccc(F)c(F)c1. The molecule has 0 spiro atoms. The number of carbonyl (C=O) groups excluding carboxylic acids is 1. The van der Waals surface area contributed by atoms with Crippen LogP contribution in [0.4, 0.5) is 8.78 Å². The molecule has 3 nitrogen and oxygen atoms in total. The standard InChI is InChI=1S/C10H10F2N2O/c11-8-2-1-6(3-9(8)12)10(15)14-7-4-13-5-7/h1-3,7,13H,4-5H2,(H,14,15). The average molecular weight is 212 g/mol. The fourth-order valence-corrected chi connectivity index (χ4v) is 1.30. The Morgan fingerprint density at radius 2 is 2.07 bits per heavy atom. The van der Waals surface area contributed by atoms with Crippen LogP contribution in [0.25, 0.3) is 0 Å². The molecule has 0 saturated carbocycles. The van der Waals surface area contributed by atoms with E-state index in [1.165, 1.54) is 6.07 Å². The molecule has 0 bridgehead atoms. The van der Waals surface area contributed by atoms with Crippen molar-refractivity contribution in [2.45, 2.75) is 6.04 Å². The van der Waals surface area contributed by atoms with Gasteiger partial charge >= 0.3 is 0 Å². The summed E-state index contributed by atoms with van der Waals surface area (Å²) in [6.45, 7) is 1.44. The van der Waals surface area contributed by atoms with Crippen molar-refractivity contribution in [1.29, 1.82) is 0 Å². The largest absolute Gasteiger partial charge is 0.347 e. The molecular formula is C10H10F2N2O.